The van der Waals surface area contributed by atoms with Gasteiger partial charge in [-0.15, -0.1) is 0 Å². The molecule has 1 aliphatic heterocycles. The summed E-state index contributed by atoms with van der Waals surface area (Å²) in [5, 5.41) is 2.76. The minimum absolute atomic E-state index is 0.0652. The number of hydrogen-bond donors (Lipinski definition) is 2. The summed E-state index contributed by atoms with van der Waals surface area (Å²) in [7, 11) is -3.98. The molecule has 0 saturated carbocycles. The zero-order chi connectivity index (χ0) is 23.7. The zero-order valence-corrected chi connectivity index (χ0v) is 19.2. The molecule has 1 amide bonds. The van der Waals surface area contributed by atoms with Crippen molar-refractivity contribution in [1.82, 2.24) is 10.0 Å². The van der Waals surface area contributed by atoms with Crippen molar-refractivity contribution >= 4 is 21.9 Å². The number of benzene rings is 2. The molecule has 0 bridgehead atoms. The van der Waals surface area contributed by atoms with Gasteiger partial charge in [-0.2, -0.15) is 4.72 Å². The molecular weight excluding hydrogens is 448 g/mol. The van der Waals surface area contributed by atoms with Crippen LogP contribution in [0.25, 0.3) is 0 Å². The average molecular weight is 477 g/mol. The summed E-state index contributed by atoms with van der Waals surface area (Å²) in [6.07, 6.45) is 2.24. The normalized spacial score (nSPS) is 14.1. The van der Waals surface area contributed by atoms with E-state index in [1.54, 1.807) is 0 Å². The molecule has 1 atom stereocenters. The van der Waals surface area contributed by atoms with Crippen LogP contribution in [0.15, 0.2) is 53.4 Å². The number of ether oxygens (including phenoxy) is 3. The van der Waals surface area contributed by atoms with Crippen LogP contribution < -0.4 is 19.5 Å². The molecule has 0 spiro atoms. The standard InChI is InChI=1S/C23H28N2O7S/c1-17(8-9-18-6-3-2-4-7-18)25-22(26)16-32-23(27)15-24-33(28,29)19-10-11-20-21(14-19)31-13-5-12-30-20/h2-4,6-7,10-11,14,17,24H,5,8-9,12-13,15-16H2,1H3,(H,25,26)/t17-/m0/s1. The van der Waals surface area contributed by atoms with Crippen molar-refractivity contribution in [3.8, 4) is 11.5 Å². The second-order valence-corrected chi connectivity index (χ2v) is 9.40. The third-order valence-corrected chi connectivity index (χ3v) is 6.32. The van der Waals surface area contributed by atoms with Gasteiger partial charge in [0.2, 0.25) is 10.0 Å². The van der Waals surface area contributed by atoms with Gasteiger partial charge in [0.25, 0.3) is 5.91 Å². The van der Waals surface area contributed by atoms with E-state index in [0.29, 0.717) is 31.1 Å². The number of hydrogen-bond acceptors (Lipinski definition) is 7. The summed E-state index contributed by atoms with van der Waals surface area (Å²) < 4.78 is 43.0. The minimum Gasteiger partial charge on any atom is -0.490 e. The third-order valence-electron chi connectivity index (χ3n) is 4.92. The van der Waals surface area contributed by atoms with Gasteiger partial charge in [-0.1, -0.05) is 30.3 Å². The topological polar surface area (TPSA) is 120 Å². The lowest BCUT2D eigenvalue weighted by molar-refractivity contribution is -0.147. The molecule has 3 rings (SSSR count). The smallest absolute Gasteiger partial charge is 0.321 e. The molecule has 178 valence electrons. The fourth-order valence-electron chi connectivity index (χ4n) is 3.16. The monoisotopic (exact) mass is 476 g/mol. The van der Waals surface area contributed by atoms with Crippen molar-refractivity contribution in [2.75, 3.05) is 26.4 Å². The van der Waals surface area contributed by atoms with Crippen LogP contribution in [0.2, 0.25) is 0 Å². The second-order valence-electron chi connectivity index (χ2n) is 7.64. The molecule has 33 heavy (non-hydrogen) atoms. The third kappa shape index (κ3) is 7.76. The average Bonchev–Trinajstić information content (AvgIpc) is 3.06. The lowest BCUT2D eigenvalue weighted by Crippen LogP contribution is -2.37. The van der Waals surface area contributed by atoms with Crippen LogP contribution in [0.1, 0.15) is 25.3 Å². The van der Waals surface area contributed by atoms with Gasteiger partial charge >= 0.3 is 5.97 Å². The van der Waals surface area contributed by atoms with Crippen LogP contribution in [-0.2, 0) is 30.8 Å². The number of amides is 1. The molecule has 2 N–H and O–H groups in total. The van der Waals surface area contributed by atoms with Crippen molar-refractivity contribution < 1.29 is 32.2 Å². The van der Waals surface area contributed by atoms with Crippen LogP contribution in [0.4, 0.5) is 0 Å². The van der Waals surface area contributed by atoms with Crippen molar-refractivity contribution in [3.05, 3.63) is 54.1 Å². The predicted molar refractivity (Wildman–Crippen MR) is 121 cm³/mol. The SMILES string of the molecule is C[C@@H](CCc1ccccc1)NC(=O)COC(=O)CNS(=O)(=O)c1ccc2c(c1)OCCCO2. The first-order valence-corrected chi connectivity index (χ1v) is 12.2. The van der Waals surface area contributed by atoms with E-state index in [2.05, 4.69) is 10.0 Å². The lowest BCUT2D eigenvalue weighted by atomic mass is 10.1. The molecule has 0 saturated heterocycles. The Morgan fingerprint density at radius 1 is 1.06 bits per heavy atom. The predicted octanol–water partition coefficient (Wildman–Crippen LogP) is 1.81. The maximum atomic E-state index is 12.5. The number of sulfonamides is 1. The molecule has 0 unspecified atom stereocenters. The van der Waals surface area contributed by atoms with Gasteiger partial charge in [0.15, 0.2) is 18.1 Å². The first-order chi connectivity index (χ1) is 15.8. The van der Waals surface area contributed by atoms with E-state index >= 15 is 0 Å². The highest BCUT2D eigenvalue weighted by molar-refractivity contribution is 7.89. The fourth-order valence-corrected chi connectivity index (χ4v) is 4.15. The molecule has 0 fully saturated rings. The van der Waals surface area contributed by atoms with E-state index in [1.807, 2.05) is 37.3 Å². The Morgan fingerprint density at radius 3 is 2.55 bits per heavy atom. The molecule has 0 aromatic heterocycles. The summed E-state index contributed by atoms with van der Waals surface area (Å²) in [6.45, 7) is 1.69. The first-order valence-electron chi connectivity index (χ1n) is 10.7. The van der Waals surface area contributed by atoms with Gasteiger partial charge in [0.1, 0.15) is 6.54 Å². The van der Waals surface area contributed by atoms with Crippen molar-refractivity contribution in [2.24, 2.45) is 0 Å². The largest absolute Gasteiger partial charge is 0.490 e. The Bertz CT molecular complexity index is 1060. The maximum absolute atomic E-state index is 12.5. The highest BCUT2D eigenvalue weighted by Gasteiger charge is 2.20. The van der Waals surface area contributed by atoms with E-state index in [4.69, 9.17) is 14.2 Å². The Hall–Kier alpha value is -3.11. The van der Waals surface area contributed by atoms with Crippen LogP contribution in [0, 0.1) is 0 Å². The Labute approximate surface area is 193 Å². The molecule has 0 radical (unpaired) electrons. The van der Waals surface area contributed by atoms with Crippen LogP contribution in [-0.4, -0.2) is 52.7 Å². The van der Waals surface area contributed by atoms with Gasteiger partial charge < -0.3 is 19.5 Å². The number of carbonyl (C=O) groups excluding carboxylic acids is 2. The molecule has 10 heteroatoms. The minimum atomic E-state index is -3.98. The Morgan fingerprint density at radius 2 is 1.79 bits per heavy atom. The highest BCUT2D eigenvalue weighted by Crippen LogP contribution is 2.31. The zero-order valence-electron chi connectivity index (χ0n) is 18.4. The van der Waals surface area contributed by atoms with E-state index in [0.717, 1.165) is 12.8 Å². The van der Waals surface area contributed by atoms with Crippen molar-refractivity contribution in [3.63, 3.8) is 0 Å². The molecule has 0 aliphatic carbocycles. The van der Waals surface area contributed by atoms with Gasteiger partial charge in [-0.25, -0.2) is 8.42 Å². The molecule has 2 aromatic carbocycles. The summed E-state index contributed by atoms with van der Waals surface area (Å²) in [6, 6.07) is 14.0. The van der Waals surface area contributed by atoms with E-state index in [1.165, 1.54) is 23.8 Å². The van der Waals surface area contributed by atoms with E-state index in [-0.39, 0.29) is 10.9 Å². The first kappa shape index (κ1) is 24.5. The quantitative estimate of drug-likeness (QED) is 0.502. The second kappa shape index (κ2) is 11.7. The summed E-state index contributed by atoms with van der Waals surface area (Å²) in [5.41, 5.74) is 1.17. The molecule has 1 heterocycles. The Kier molecular flexibility index (Phi) is 8.67. The molecule has 2 aromatic rings. The number of rotatable bonds is 10. The van der Waals surface area contributed by atoms with Crippen LogP contribution in [0.3, 0.4) is 0 Å². The summed E-state index contributed by atoms with van der Waals surface area (Å²) in [5.74, 6) is -0.513. The van der Waals surface area contributed by atoms with Crippen LogP contribution >= 0.6 is 0 Å². The Balaban J connectivity index is 1.40. The molecular formula is C23H28N2O7S. The molecule has 9 nitrogen and oxygen atoms in total. The maximum Gasteiger partial charge on any atom is 0.321 e. The number of fused-ring (bicyclic) bond motifs is 1. The van der Waals surface area contributed by atoms with Gasteiger partial charge in [-0.05, 0) is 37.5 Å². The van der Waals surface area contributed by atoms with Gasteiger partial charge in [0.05, 0.1) is 18.1 Å². The number of aryl methyl sites for hydroxylation is 1. The lowest BCUT2D eigenvalue weighted by Gasteiger charge is -2.14. The number of esters is 1. The van der Waals surface area contributed by atoms with Gasteiger partial charge in [-0.3, -0.25) is 9.59 Å². The fraction of sp³-hybridized carbons (Fsp3) is 0.391. The number of carbonyl (C=O) groups is 2. The van der Waals surface area contributed by atoms with Crippen molar-refractivity contribution in [1.29, 1.82) is 0 Å². The highest BCUT2D eigenvalue weighted by atomic mass is 32.2. The number of nitrogens with one attached hydrogen (secondary N) is 2. The van der Waals surface area contributed by atoms with E-state index in [9.17, 15) is 18.0 Å². The molecule has 1 aliphatic rings. The van der Waals surface area contributed by atoms with Crippen molar-refractivity contribution in [2.45, 2.75) is 37.1 Å². The van der Waals surface area contributed by atoms with E-state index < -0.39 is 35.1 Å². The van der Waals surface area contributed by atoms with Crippen LogP contribution in [0.5, 0.6) is 11.5 Å². The summed E-state index contributed by atoms with van der Waals surface area (Å²) >= 11 is 0. The van der Waals surface area contributed by atoms with Gasteiger partial charge in [0, 0.05) is 18.5 Å². The summed E-state index contributed by atoms with van der Waals surface area (Å²) in [4.78, 5) is 23.9.